The molecule has 0 radical (unpaired) electrons. The Morgan fingerprint density at radius 1 is 1.17 bits per heavy atom. The van der Waals surface area contributed by atoms with E-state index in [0.717, 1.165) is 36.5 Å². The summed E-state index contributed by atoms with van der Waals surface area (Å²) in [6.07, 6.45) is -0.593. The fraction of sp³-hybridized carbons (Fsp3) is 0.400. The summed E-state index contributed by atoms with van der Waals surface area (Å²) in [5.41, 5.74) is -0.0622. The summed E-state index contributed by atoms with van der Waals surface area (Å²) in [6.45, 7) is 2.81. The molecular formula is C15H15Cl2F3N2S. The van der Waals surface area contributed by atoms with Gasteiger partial charge in [-0.1, -0.05) is 36.5 Å². The Hall–Kier alpha value is -0.850. The summed E-state index contributed by atoms with van der Waals surface area (Å²) >= 11 is 13.6. The average Bonchev–Trinajstić information content (AvgIpc) is 2.86. The van der Waals surface area contributed by atoms with Crippen molar-refractivity contribution in [1.29, 1.82) is 0 Å². The lowest BCUT2D eigenvalue weighted by Crippen LogP contribution is -2.05. The topological polar surface area (TPSA) is 17.8 Å². The number of hydrogen-bond acceptors (Lipinski definition) is 2. The molecule has 0 unspecified atom stereocenters. The summed E-state index contributed by atoms with van der Waals surface area (Å²) in [5.74, 6) is 0. The minimum atomic E-state index is -4.49. The van der Waals surface area contributed by atoms with E-state index in [1.807, 2.05) is 10.9 Å². The summed E-state index contributed by atoms with van der Waals surface area (Å²) < 4.78 is 40.2. The van der Waals surface area contributed by atoms with Crippen molar-refractivity contribution >= 4 is 35.0 Å². The smallest absolute Gasteiger partial charge is 0.258 e. The van der Waals surface area contributed by atoms with Crippen molar-refractivity contribution in [3.8, 4) is 11.3 Å². The van der Waals surface area contributed by atoms with Crippen LogP contribution >= 0.6 is 35.0 Å². The standard InChI is InChI=1S/C15H15Cl2F3N2S/c1-3-4-5-22-13(23-2)8-12(21-22)14-10(16)6-9(7-11(14)17)15(18,19)20/h6-8H,3-5H2,1-2H3. The van der Waals surface area contributed by atoms with E-state index >= 15 is 0 Å². The molecule has 2 aromatic rings. The fourth-order valence-corrected chi connectivity index (χ4v) is 3.39. The van der Waals surface area contributed by atoms with Gasteiger partial charge in [0.1, 0.15) is 0 Å². The number of unbranched alkanes of at least 4 members (excludes halogenated alkanes) is 1. The monoisotopic (exact) mass is 382 g/mol. The van der Waals surface area contributed by atoms with Crippen LogP contribution in [0.15, 0.2) is 23.2 Å². The van der Waals surface area contributed by atoms with Gasteiger partial charge in [-0.2, -0.15) is 18.3 Å². The van der Waals surface area contributed by atoms with Crippen LogP contribution in [-0.2, 0) is 12.7 Å². The predicted molar refractivity (Wildman–Crippen MR) is 89.4 cm³/mol. The largest absolute Gasteiger partial charge is 0.416 e. The van der Waals surface area contributed by atoms with Gasteiger partial charge in [-0.25, -0.2) is 0 Å². The minimum absolute atomic E-state index is 0.0578. The molecule has 2 rings (SSSR count). The molecule has 8 heteroatoms. The summed E-state index contributed by atoms with van der Waals surface area (Å²) in [6, 6.07) is 3.56. The van der Waals surface area contributed by atoms with Crippen LogP contribution in [0.25, 0.3) is 11.3 Å². The van der Waals surface area contributed by atoms with Gasteiger partial charge >= 0.3 is 6.18 Å². The highest BCUT2D eigenvalue weighted by atomic mass is 35.5. The third kappa shape index (κ3) is 4.17. The first-order chi connectivity index (χ1) is 10.8. The first-order valence-corrected chi connectivity index (χ1v) is 8.94. The Morgan fingerprint density at radius 2 is 1.78 bits per heavy atom. The number of aryl methyl sites for hydroxylation is 1. The average molecular weight is 383 g/mol. The van der Waals surface area contributed by atoms with Gasteiger partial charge in [0, 0.05) is 12.1 Å². The highest BCUT2D eigenvalue weighted by Gasteiger charge is 2.32. The second-order valence-corrected chi connectivity index (χ2v) is 6.60. The lowest BCUT2D eigenvalue weighted by molar-refractivity contribution is -0.137. The molecule has 0 amide bonds. The third-order valence-corrected chi connectivity index (χ3v) is 4.64. The second-order valence-electron chi connectivity index (χ2n) is 4.96. The van der Waals surface area contributed by atoms with Crippen molar-refractivity contribution in [3.63, 3.8) is 0 Å². The van der Waals surface area contributed by atoms with E-state index in [1.54, 1.807) is 6.07 Å². The molecule has 0 aliphatic carbocycles. The van der Waals surface area contributed by atoms with Gasteiger partial charge in [-0.3, -0.25) is 4.68 Å². The Kier molecular flexibility index (Phi) is 5.92. The number of hydrogen-bond donors (Lipinski definition) is 0. The van der Waals surface area contributed by atoms with E-state index in [4.69, 9.17) is 23.2 Å². The van der Waals surface area contributed by atoms with Crippen LogP contribution in [-0.4, -0.2) is 16.0 Å². The van der Waals surface area contributed by atoms with E-state index in [2.05, 4.69) is 12.0 Å². The molecule has 126 valence electrons. The summed E-state index contributed by atoms with van der Waals surface area (Å²) in [5, 5.41) is 5.25. The molecule has 0 atom stereocenters. The third-order valence-electron chi connectivity index (χ3n) is 3.30. The molecule has 1 aromatic carbocycles. The molecule has 2 nitrogen and oxygen atoms in total. The van der Waals surface area contributed by atoms with Crippen LogP contribution < -0.4 is 0 Å². The van der Waals surface area contributed by atoms with E-state index in [0.29, 0.717) is 11.3 Å². The van der Waals surface area contributed by atoms with Crippen molar-refractivity contribution in [2.24, 2.45) is 0 Å². The second kappa shape index (κ2) is 7.36. The Morgan fingerprint density at radius 3 is 2.26 bits per heavy atom. The predicted octanol–water partition coefficient (Wildman–Crippen LogP) is 6.40. The maximum atomic E-state index is 12.8. The van der Waals surface area contributed by atoms with Crippen molar-refractivity contribution in [2.45, 2.75) is 37.5 Å². The number of rotatable bonds is 5. The molecule has 1 heterocycles. The summed E-state index contributed by atoms with van der Waals surface area (Å²) in [4.78, 5) is 0. The number of benzene rings is 1. The van der Waals surface area contributed by atoms with Gasteiger partial charge < -0.3 is 0 Å². The van der Waals surface area contributed by atoms with Gasteiger partial charge in [0.2, 0.25) is 0 Å². The van der Waals surface area contributed by atoms with Crippen LogP contribution in [0, 0.1) is 0 Å². The zero-order valence-corrected chi connectivity index (χ0v) is 14.9. The lowest BCUT2D eigenvalue weighted by atomic mass is 10.1. The quantitative estimate of drug-likeness (QED) is 0.556. The van der Waals surface area contributed by atoms with Crippen molar-refractivity contribution in [2.75, 3.05) is 6.26 Å². The fourth-order valence-electron chi connectivity index (χ4n) is 2.14. The van der Waals surface area contributed by atoms with Gasteiger partial charge in [0.25, 0.3) is 0 Å². The zero-order chi connectivity index (χ0) is 17.2. The van der Waals surface area contributed by atoms with Gasteiger partial charge in [-0.05, 0) is 30.9 Å². The number of aromatic nitrogens is 2. The zero-order valence-electron chi connectivity index (χ0n) is 12.5. The maximum Gasteiger partial charge on any atom is 0.416 e. The number of alkyl halides is 3. The molecule has 0 saturated carbocycles. The van der Waals surface area contributed by atoms with E-state index in [1.165, 1.54) is 11.8 Å². The Balaban J connectivity index is 2.48. The van der Waals surface area contributed by atoms with Crippen LogP contribution in [0.3, 0.4) is 0 Å². The van der Waals surface area contributed by atoms with Gasteiger partial charge in [0.15, 0.2) is 0 Å². The van der Waals surface area contributed by atoms with Crippen molar-refractivity contribution < 1.29 is 13.2 Å². The first kappa shape index (κ1) is 18.5. The maximum absolute atomic E-state index is 12.8. The summed E-state index contributed by atoms with van der Waals surface area (Å²) in [7, 11) is 0. The normalized spacial score (nSPS) is 12.0. The molecule has 0 bridgehead atoms. The Labute approximate surface area is 147 Å². The first-order valence-electron chi connectivity index (χ1n) is 6.96. The van der Waals surface area contributed by atoms with Crippen molar-refractivity contribution in [3.05, 3.63) is 33.8 Å². The van der Waals surface area contributed by atoms with E-state index in [-0.39, 0.29) is 10.0 Å². The highest BCUT2D eigenvalue weighted by Crippen LogP contribution is 2.40. The molecule has 0 spiro atoms. The van der Waals surface area contributed by atoms with Gasteiger partial charge in [-0.15, -0.1) is 11.8 Å². The SMILES string of the molecule is CCCCn1nc(-c2c(Cl)cc(C(F)(F)F)cc2Cl)cc1SC. The molecule has 0 fully saturated rings. The van der Waals surface area contributed by atoms with Crippen LogP contribution in [0.1, 0.15) is 25.3 Å². The van der Waals surface area contributed by atoms with Gasteiger partial charge in [0.05, 0.1) is 26.3 Å². The molecule has 23 heavy (non-hydrogen) atoms. The molecular weight excluding hydrogens is 368 g/mol. The molecule has 0 N–H and O–H groups in total. The van der Waals surface area contributed by atoms with E-state index < -0.39 is 11.7 Å². The van der Waals surface area contributed by atoms with Crippen LogP contribution in [0.4, 0.5) is 13.2 Å². The number of nitrogens with zero attached hydrogens (tertiary/aromatic N) is 2. The van der Waals surface area contributed by atoms with Crippen LogP contribution in [0.2, 0.25) is 10.0 Å². The van der Waals surface area contributed by atoms with E-state index in [9.17, 15) is 13.2 Å². The molecule has 0 aliphatic rings. The number of halogens is 5. The van der Waals surface area contributed by atoms with Crippen LogP contribution in [0.5, 0.6) is 0 Å². The molecule has 0 saturated heterocycles. The Bertz CT molecular complexity index is 676. The van der Waals surface area contributed by atoms with Crippen molar-refractivity contribution in [1.82, 2.24) is 9.78 Å². The molecule has 0 aliphatic heterocycles. The minimum Gasteiger partial charge on any atom is -0.258 e. The molecule has 1 aromatic heterocycles. The highest BCUT2D eigenvalue weighted by molar-refractivity contribution is 7.98. The number of thioether (sulfide) groups is 1. The lowest BCUT2D eigenvalue weighted by Gasteiger charge is -2.11.